The van der Waals surface area contributed by atoms with E-state index >= 15 is 0 Å². The van der Waals surface area contributed by atoms with Gasteiger partial charge in [0.2, 0.25) is 0 Å². The first-order valence-corrected chi connectivity index (χ1v) is 11.3. The lowest BCUT2D eigenvalue weighted by Gasteiger charge is -2.47. The van der Waals surface area contributed by atoms with Crippen molar-refractivity contribution in [3.05, 3.63) is 17.0 Å². The lowest BCUT2D eigenvalue weighted by atomic mass is 9.79. The van der Waals surface area contributed by atoms with E-state index in [0.29, 0.717) is 0 Å². The van der Waals surface area contributed by atoms with Crippen LogP contribution in [0.4, 0.5) is 0 Å². The molecule has 0 aromatic carbocycles. The summed E-state index contributed by atoms with van der Waals surface area (Å²) in [6.07, 6.45) is 11.7. The third-order valence-electron chi connectivity index (χ3n) is 6.54. The Morgan fingerprint density at radius 2 is 1.76 bits per heavy atom. The molecule has 0 spiro atoms. The Morgan fingerprint density at radius 1 is 1.07 bits per heavy atom. The van der Waals surface area contributed by atoms with Gasteiger partial charge in [0, 0.05) is 24.2 Å². The van der Waals surface area contributed by atoms with Crippen LogP contribution >= 0.6 is 24.0 Å². The second kappa shape index (κ2) is 12.1. The van der Waals surface area contributed by atoms with Crippen molar-refractivity contribution in [3.63, 3.8) is 0 Å². The van der Waals surface area contributed by atoms with Crippen LogP contribution in [-0.2, 0) is 6.42 Å². The number of aromatic nitrogens is 1. The Bertz CT molecular complexity index is 614. The highest BCUT2D eigenvalue weighted by Gasteiger charge is 2.38. The van der Waals surface area contributed by atoms with Crippen LogP contribution in [0.2, 0.25) is 0 Å². The minimum Gasteiger partial charge on any atom is -0.361 e. The summed E-state index contributed by atoms with van der Waals surface area (Å²) in [5, 5.41) is 11.0. The summed E-state index contributed by atoms with van der Waals surface area (Å²) >= 11 is 0. The first kappa shape index (κ1) is 24.4. The molecular formula is C22H40IN5O. The van der Waals surface area contributed by atoms with Gasteiger partial charge in [-0.25, -0.2) is 0 Å². The maximum Gasteiger partial charge on any atom is 0.191 e. The molecule has 7 heteroatoms. The molecule has 2 N–H and O–H groups in total. The SMILES string of the molecule is CCNC(=NCC1(N2CCCCC2)CCCCC1)NCCc1c(C)noc1C.I. The number of hydrogen-bond donors (Lipinski definition) is 2. The third-order valence-corrected chi connectivity index (χ3v) is 6.54. The summed E-state index contributed by atoms with van der Waals surface area (Å²) in [5.74, 6) is 1.86. The quantitative estimate of drug-likeness (QED) is 0.323. The van der Waals surface area contributed by atoms with Gasteiger partial charge >= 0.3 is 0 Å². The van der Waals surface area contributed by atoms with Crippen LogP contribution in [0.1, 0.15) is 75.3 Å². The highest BCUT2D eigenvalue weighted by molar-refractivity contribution is 14.0. The fourth-order valence-corrected chi connectivity index (χ4v) is 4.89. The molecule has 6 nitrogen and oxygen atoms in total. The predicted octanol–water partition coefficient (Wildman–Crippen LogP) is 4.20. The number of piperidine rings is 1. The van der Waals surface area contributed by atoms with E-state index in [9.17, 15) is 0 Å². The predicted molar refractivity (Wildman–Crippen MR) is 130 cm³/mol. The van der Waals surface area contributed by atoms with E-state index in [1.54, 1.807) is 0 Å². The fraction of sp³-hybridized carbons (Fsp3) is 0.818. The van der Waals surface area contributed by atoms with Crippen LogP contribution in [0.15, 0.2) is 9.52 Å². The van der Waals surface area contributed by atoms with Crippen molar-refractivity contribution >= 4 is 29.9 Å². The Hall–Kier alpha value is -0.830. The highest BCUT2D eigenvalue weighted by Crippen LogP contribution is 2.35. The maximum absolute atomic E-state index is 5.28. The molecule has 0 bridgehead atoms. The first-order valence-electron chi connectivity index (χ1n) is 11.3. The smallest absolute Gasteiger partial charge is 0.191 e. The van der Waals surface area contributed by atoms with E-state index in [0.717, 1.165) is 43.5 Å². The molecule has 1 aromatic rings. The average molecular weight is 518 g/mol. The Labute approximate surface area is 193 Å². The molecule has 0 atom stereocenters. The van der Waals surface area contributed by atoms with Gasteiger partial charge in [0.25, 0.3) is 0 Å². The normalized spacial score (nSPS) is 20.2. The molecule has 2 heterocycles. The largest absolute Gasteiger partial charge is 0.361 e. The molecule has 2 fully saturated rings. The number of guanidine groups is 1. The Morgan fingerprint density at radius 3 is 2.38 bits per heavy atom. The van der Waals surface area contributed by atoms with Gasteiger partial charge in [0.15, 0.2) is 5.96 Å². The summed E-state index contributed by atoms with van der Waals surface area (Å²) in [6, 6.07) is 0. The van der Waals surface area contributed by atoms with E-state index < -0.39 is 0 Å². The van der Waals surface area contributed by atoms with E-state index in [1.807, 2.05) is 13.8 Å². The Balaban J connectivity index is 0.00000300. The van der Waals surface area contributed by atoms with Gasteiger partial charge in [0.1, 0.15) is 5.76 Å². The maximum atomic E-state index is 5.28. The number of rotatable bonds is 7. The highest BCUT2D eigenvalue weighted by atomic mass is 127. The van der Waals surface area contributed by atoms with E-state index in [2.05, 4.69) is 27.6 Å². The first-order chi connectivity index (χ1) is 13.6. The molecule has 0 amide bonds. The van der Waals surface area contributed by atoms with Crippen LogP contribution in [0.25, 0.3) is 0 Å². The van der Waals surface area contributed by atoms with Gasteiger partial charge in [-0.15, -0.1) is 24.0 Å². The van der Waals surface area contributed by atoms with Crippen molar-refractivity contribution in [2.24, 2.45) is 4.99 Å². The van der Waals surface area contributed by atoms with Crippen LogP contribution in [0, 0.1) is 13.8 Å². The minimum atomic E-state index is 0. The molecule has 1 aromatic heterocycles. The third kappa shape index (κ3) is 6.57. The number of hydrogen-bond acceptors (Lipinski definition) is 4. The summed E-state index contributed by atoms with van der Waals surface area (Å²) < 4.78 is 5.28. The Kier molecular flexibility index (Phi) is 10.2. The summed E-state index contributed by atoms with van der Waals surface area (Å²) in [7, 11) is 0. The molecule has 166 valence electrons. The number of nitrogens with zero attached hydrogens (tertiary/aromatic N) is 3. The standard InChI is InChI=1S/C22H39N5O.HI/c1-4-23-21(24-14-11-20-18(2)26-28-19(20)3)25-17-22(12-7-5-8-13-22)27-15-9-6-10-16-27;/h4-17H2,1-3H3,(H2,23,24,25);1H. The molecule has 1 aliphatic heterocycles. The van der Waals surface area contributed by atoms with Crippen molar-refractivity contribution in [2.45, 2.75) is 84.1 Å². The van der Waals surface area contributed by atoms with Crippen molar-refractivity contribution in [1.29, 1.82) is 0 Å². The molecule has 1 saturated carbocycles. The average Bonchev–Trinajstić information content (AvgIpc) is 3.05. The zero-order chi connectivity index (χ0) is 19.8. The van der Waals surface area contributed by atoms with Crippen molar-refractivity contribution in [1.82, 2.24) is 20.7 Å². The van der Waals surface area contributed by atoms with E-state index in [-0.39, 0.29) is 29.5 Å². The van der Waals surface area contributed by atoms with Crippen LogP contribution < -0.4 is 10.6 Å². The topological polar surface area (TPSA) is 65.7 Å². The van der Waals surface area contributed by atoms with Gasteiger partial charge in [-0.1, -0.05) is 30.8 Å². The molecule has 3 rings (SSSR count). The number of nitrogens with one attached hydrogen (secondary N) is 2. The van der Waals surface area contributed by atoms with E-state index in [4.69, 9.17) is 9.52 Å². The van der Waals surface area contributed by atoms with Crippen LogP contribution in [0.3, 0.4) is 0 Å². The lowest BCUT2D eigenvalue weighted by Crippen LogP contribution is -2.54. The van der Waals surface area contributed by atoms with Crippen molar-refractivity contribution in [2.75, 3.05) is 32.7 Å². The van der Waals surface area contributed by atoms with Gasteiger partial charge in [-0.3, -0.25) is 9.89 Å². The lowest BCUT2D eigenvalue weighted by molar-refractivity contribution is 0.0407. The number of halogens is 1. The monoisotopic (exact) mass is 517 g/mol. The second-order valence-corrected chi connectivity index (χ2v) is 8.51. The zero-order valence-corrected chi connectivity index (χ0v) is 20.9. The van der Waals surface area contributed by atoms with Gasteiger partial charge < -0.3 is 15.2 Å². The number of aryl methyl sites for hydroxylation is 2. The molecule has 2 aliphatic rings. The van der Waals surface area contributed by atoms with Gasteiger partial charge in [-0.2, -0.15) is 0 Å². The summed E-state index contributed by atoms with van der Waals surface area (Å²) in [6.45, 7) is 11.3. The molecule has 1 saturated heterocycles. The minimum absolute atomic E-state index is 0. The van der Waals surface area contributed by atoms with E-state index in [1.165, 1.54) is 70.0 Å². The number of likely N-dealkylation sites (tertiary alicyclic amines) is 1. The molecular weight excluding hydrogens is 477 g/mol. The van der Waals surface area contributed by atoms with Crippen molar-refractivity contribution < 1.29 is 4.52 Å². The zero-order valence-electron chi connectivity index (χ0n) is 18.6. The molecule has 29 heavy (non-hydrogen) atoms. The second-order valence-electron chi connectivity index (χ2n) is 8.51. The van der Waals surface area contributed by atoms with Crippen molar-refractivity contribution in [3.8, 4) is 0 Å². The molecule has 1 aliphatic carbocycles. The summed E-state index contributed by atoms with van der Waals surface area (Å²) in [4.78, 5) is 7.83. The molecule has 0 unspecified atom stereocenters. The van der Waals surface area contributed by atoms with Gasteiger partial charge in [0.05, 0.1) is 12.2 Å². The number of aliphatic imine (C=N–C) groups is 1. The van der Waals surface area contributed by atoms with Crippen LogP contribution in [0.5, 0.6) is 0 Å². The van der Waals surface area contributed by atoms with Crippen LogP contribution in [-0.4, -0.2) is 54.3 Å². The summed E-state index contributed by atoms with van der Waals surface area (Å²) in [5.41, 5.74) is 2.48. The molecule has 0 radical (unpaired) electrons. The van der Waals surface area contributed by atoms with Gasteiger partial charge in [-0.05, 0) is 66.0 Å². The fourth-order valence-electron chi connectivity index (χ4n) is 4.89.